The van der Waals surface area contributed by atoms with Crippen LogP contribution in [-0.2, 0) is 16.6 Å². The van der Waals surface area contributed by atoms with E-state index in [1.54, 1.807) is 17.8 Å². The summed E-state index contributed by atoms with van der Waals surface area (Å²) in [5.74, 6) is 0. The van der Waals surface area contributed by atoms with E-state index in [0.29, 0.717) is 22.5 Å². The number of thiophene rings is 1. The average molecular weight is 308 g/mol. The lowest BCUT2D eigenvalue weighted by atomic mass is 10.3. The summed E-state index contributed by atoms with van der Waals surface area (Å²) in [5.41, 5.74) is 6.50. The molecule has 0 spiro atoms. The van der Waals surface area contributed by atoms with E-state index in [0.717, 1.165) is 16.9 Å². The summed E-state index contributed by atoms with van der Waals surface area (Å²) in [7, 11) is -3.37. The Morgan fingerprint density at radius 1 is 1.56 bits per heavy atom. The Labute approximate surface area is 117 Å². The second kappa shape index (κ2) is 6.91. The Morgan fingerprint density at radius 2 is 2.22 bits per heavy atom. The van der Waals surface area contributed by atoms with Crippen LogP contribution in [-0.4, -0.2) is 26.5 Å². The van der Waals surface area contributed by atoms with Gasteiger partial charge in [-0.1, -0.05) is 6.92 Å². The van der Waals surface area contributed by atoms with Gasteiger partial charge in [-0.15, -0.1) is 11.3 Å². The lowest BCUT2D eigenvalue weighted by Crippen LogP contribution is -2.25. The molecule has 1 aromatic heterocycles. The zero-order valence-corrected chi connectivity index (χ0v) is 13.3. The van der Waals surface area contributed by atoms with E-state index in [-0.39, 0.29) is 0 Å². The van der Waals surface area contributed by atoms with Crippen molar-refractivity contribution in [1.82, 2.24) is 4.72 Å². The summed E-state index contributed by atoms with van der Waals surface area (Å²) >= 11 is 2.98. The van der Waals surface area contributed by atoms with Crippen LogP contribution in [0.15, 0.2) is 10.3 Å². The minimum atomic E-state index is -3.37. The van der Waals surface area contributed by atoms with Crippen molar-refractivity contribution in [2.24, 2.45) is 5.73 Å². The Hall–Kier alpha value is -0.0800. The van der Waals surface area contributed by atoms with E-state index in [9.17, 15) is 8.42 Å². The molecule has 0 aliphatic rings. The molecule has 0 saturated carbocycles. The number of rotatable bonds is 7. The number of hydrogen-bond acceptors (Lipinski definition) is 5. The zero-order valence-electron chi connectivity index (χ0n) is 10.9. The van der Waals surface area contributed by atoms with Crippen LogP contribution in [0.5, 0.6) is 0 Å². The average Bonchev–Trinajstić information content (AvgIpc) is 2.70. The van der Waals surface area contributed by atoms with Gasteiger partial charge in [-0.25, -0.2) is 13.1 Å². The fourth-order valence-electron chi connectivity index (χ4n) is 1.41. The molecule has 0 aliphatic carbocycles. The molecule has 1 atom stereocenters. The second-order valence-electron chi connectivity index (χ2n) is 4.11. The number of hydrogen-bond donors (Lipinski definition) is 2. The standard InChI is InChI=1S/C11H20N2O2S3/c1-8-6-11(17-10(8)7-12)18(14,15)13-5-4-9(2)16-3/h6,9,13H,4-5,7,12H2,1-3H3. The summed E-state index contributed by atoms with van der Waals surface area (Å²) in [6, 6.07) is 1.69. The molecule has 1 heterocycles. The van der Waals surface area contributed by atoms with E-state index >= 15 is 0 Å². The molecule has 0 radical (unpaired) electrons. The molecule has 1 unspecified atom stereocenters. The molecule has 3 N–H and O–H groups in total. The Kier molecular flexibility index (Phi) is 6.13. The van der Waals surface area contributed by atoms with E-state index < -0.39 is 10.0 Å². The fourth-order valence-corrected chi connectivity index (χ4v) is 4.32. The lowest BCUT2D eigenvalue weighted by Gasteiger charge is -2.08. The van der Waals surface area contributed by atoms with Gasteiger partial charge in [0.25, 0.3) is 0 Å². The highest BCUT2D eigenvalue weighted by atomic mass is 32.2. The van der Waals surface area contributed by atoms with Gasteiger partial charge in [0.05, 0.1) is 0 Å². The quantitative estimate of drug-likeness (QED) is 0.807. The van der Waals surface area contributed by atoms with Crippen LogP contribution in [0, 0.1) is 6.92 Å². The first kappa shape index (κ1) is 16.0. The van der Waals surface area contributed by atoms with Crippen LogP contribution in [0.25, 0.3) is 0 Å². The smallest absolute Gasteiger partial charge is 0.250 e. The van der Waals surface area contributed by atoms with E-state index in [1.165, 1.54) is 11.3 Å². The van der Waals surface area contributed by atoms with Crippen molar-refractivity contribution in [2.75, 3.05) is 12.8 Å². The minimum absolute atomic E-state index is 0.359. The van der Waals surface area contributed by atoms with Gasteiger partial charge in [0, 0.05) is 23.2 Å². The van der Waals surface area contributed by atoms with Crippen LogP contribution >= 0.6 is 23.1 Å². The molecular formula is C11H20N2O2S3. The molecule has 0 aromatic carbocycles. The van der Waals surface area contributed by atoms with Crippen molar-refractivity contribution in [2.45, 2.75) is 36.3 Å². The van der Waals surface area contributed by atoms with Gasteiger partial charge < -0.3 is 5.73 Å². The summed E-state index contributed by atoms with van der Waals surface area (Å²) in [6.45, 7) is 4.82. The van der Waals surface area contributed by atoms with Crippen LogP contribution in [0.1, 0.15) is 23.8 Å². The normalized spacial score (nSPS) is 13.8. The maximum absolute atomic E-state index is 12.0. The second-order valence-corrected chi connectivity index (χ2v) is 8.52. The summed E-state index contributed by atoms with van der Waals surface area (Å²) in [4.78, 5) is 0.924. The molecule has 0 bridgehead atoms. The molecule has 0 fully saturated rings. The molecular weight excluding hydrogens is 288 g/mol. The molecule has 0 saturated heterocycles. The highest BCUT2D eigenvalue weighted by Gasteiger charge is 2.18. The topological polar surface area (TPSA) is 72.2 Å². The monoisotopic (exact) mass is 308 g/mol. The molecule has 1 aromatic rings. The Bertz CT molecular complexity index is 482. The van der Waals surface area contributed by atoms with Crippen molar-refractivity contribution < 1.29 is 8.42 Å². The Morgan fingerprint density at radius 3 is 2.72 bits per heavy atom. The minimum Gasteiger partial charge on any atom is -0.326 e. The molecule has 18 heavy (non-hydrogen) atoms. The van der Waals surface area contributed by atoms with Crippen molar-refractivity contribution in [1.29, 1.82) is 0 Å². The Balaban J connectivity index is 2.68. The van der Waals surface area contributed by atoms with Gasteiger partial charge in [0.2, 0.25) is 10.0 Å². The third-order valence-electron chi connectivity index (χ3n) is 2.69. The van der Waals surface area contributed by atoms with Gasteiger partial charge >= 0.3 is 0 Å². The van der Waals surface area contributed by atoms with Crippen molar-refractivity contribution in [3.05, 3.63) is 16.5 Å². The van der Waals surface area contributed by atoms with E-state index in [2.05, 4.69) is 11.6 Å². The molecule has 4 nitrogen and oxygen atoms in total. The third kappa shape index (κ3) is 4.24. The van der Waals surface area contributed by atoms with Gasteiger partial charge in [-0.05, 0) is 31.2 Å². The third-order valence-corrected chi connectivity index (χ3v) is 6.93. The number of sulfonamides is 1. The predicted molar refractivity (Wildman–Crippen MR) is 79.7 cm³/mol. The van der Waals surface area contributed by atoms with Gasteiger partial charge in [0.1, 0.15) is 4.21 Å². The highest BCUT2D eigenvalue weighted by Crippen LogP contribution is 2.25. The zero-order chi connectivity index (χ0) is 13.8. The molecule has 0 aliphatic heterocycles. The molecule has 104 valence electrons. The largest absolute Gasteiger partial charge is 0.326 e. The summed E-state index contributed by atoms with van der Waals surface area (Å²) in [6.07, 6.45) is 2.85. The van der Waals surface area contributed by atoms with Gasteiger partial charge in [-0.2, -0.15) is 11.8 Å². The SMILES string of the molecule is CSC(C)CCNS(=O)(=O)c1cc(C)c(CN)s1. The number of nitrogens with one attached hydrogen (secondary N) is 1. The maximum Gasteiger partial charge on any atom is 0.250 e. The summed E-state index contributed by atoms with van der Waals surface area (Å²) in [5, 5.41) is 0.456. The van der Waals surface area contributed by atoms with E-state index in [4.69, 9.17) is 5.73 Å². The molecule has 1 rings (SSSR count). The van der Waals surface area contributed by atoms with Crippen LogP contribution in [0.4, 0.5) is 0 Å². The number of aryl methyl sites for hydroxylation is 1. The first-order valence-electron chi connectivity index (χ1n) is 5.72. The van der Waals surface area contributed by atoms with E-state index in [1.807, 2.05) is 13.2 Å². The van der Waals surface area contributed by atoms with Gasteiger partial charge in [0.15, 0.2) is 0 Å². The van der Waals surface area contributed by atoms with Crippen molar-refractivity contribution in [3.8, 4) is 0 Å². The molecule has 0 amide bonds. The van der Waals surface area contributed by atoms with Crippen LogP contribution in [0.2, 0.25) is 0 Å². The first-order valence-corrected chi connectivity index (χ1v) is 9.31. The van der Waals surface area contributed by atoms with Crippen LogP contribution in [0.3, 0.4) is 0 Å². The number of thioether (sulfide) groups is 1. The maximum atomic E-state index is 12.0. The first-order chi connectivity index (χ1) is 8.40. The fraction of sp³-hybridized carbons (Fsp3) is 0.636. The summed E-state index contributed by atoms with van der Waals surface area (Å²) < 4.78 is 27.1. The van der Waals surface area contributed by atoms with Crippen LogP contribution < -0.4 is 10.5 Å². The predicted octanol–water partition coefficient (Wildman–Crippen LogP) is 1.94. The number of nitrogens with two attached hydrogens (primary N) is 1. The van der Waals surface area contributed by atoms with Gasteiger partial charge in [-0.3, -0.25) is 0 Å². The van der Waals surface area contributed by atoms with Crippen molar-refractivity contribution >= 4 is 33.1 Å². The van der Waals surface area contributed by atoms with Crippen molar-refractivity contribution in [3.63, 3.8) is 0 Å². The highest BCUT2D eigenvalue weighted by molar-refractivity contribution is 7.99. The lowest BCUT2D eigenvalue weighted by molar-refractivity contribution is 0.581. The molecule has 7 heteroatoms.